The molecule has 0 amide bonds. The Kier molecular flexibility index (Phi) is 6.72. The monoisotopic (exact) mass is 398 g/mol. The number of benzene rings is 2. The van der Waals surface area contributed by atoms with Crippen LogP contribution in [0.25, 0.3) is 33.2 Å². The van der Waals surface area contributed by atoms with Crippen molar-refractivity contribution in [3.8, 4) is 22.4 Å². The minimum Gasteiger partial charge on any atom is -0.361 e. The van der Waals surface area contributed by atoms with E-state index in [-0.39, 0.29) is 24.8 Å². The zero-order chi connectivity index (χ0) is 17.2. The molecule has 0 N–H and O–H groups in total. The highest BCUT2D eigenvalue weighted by atomic mass is 35.5. The van der Waals surface area contributed by atoms with Crippen molar-refractivity contribution in [1.29, 1.82) is 0 Å². The second kappa shape index (κ2) is 8.80. The maximum Gasteiger partial charge on any atom is 0.151 e. The molecule has 2 aromatic heterocycles. The minimum absolute atomic E-state index is 0. The summed E-state index contributed by atoms with van der Waals surface area (Å²) < 4.78 is 0. The first kappa shape index (κ1) is 20.6. The Morgan fingerprint density at radius 1 is 0.741 bits per heavy atom. The summed E-state index contributed by atoms with van der Waals surface area (Å²) >= 11 is 0. The van der Waals surface area contributed by atoms with Gasteiger partial charge in [0.1, 0.15) is 5.69 Å². The van der Waals surface area contributed by atoms with E-state index in [4.69, 9.17) is 0 Å². The molecule has 0 aliphatic carbocycles. The molecule has 4 aromatic rings. The van der Waals surface area contributed by atoms with Gasteiger partial charge in [0, 0.05) is 37.6 Å². The van der Waals surface area contributed by atoms with Crippen LogP contribution in [0, 0.1) is 0 Å². The maximum absolute atomic E-state index is 4.58. The van der Waals surface area contributed by atoms with Gasteiger partial charge in [-0.25, -0.2) is 0 Å². The van der Waals surface area contributed by atoms with Crippen molar-refractivity contribution in [3.05, 3.63) is 73.1 Å². The summed E-state index contributed by atoms with van der Waals surface area (Å²) in [5.74, 6) is 0.829. The Morgan fingerprint density at radius 3 is 2.19 bits per heavy atom. The van der Waals surface area contributed by atoms with Crippen molar-refractivity contribution in [2.24, 2.45) is 0 Å². The molecular formula is C21H20Cl2N4. The fourth-order valence-electron chi connectivity index (χ4n) is 2.98. The van der Waals surface area contributed by atoms with Crippen molar-refractivity contribution in [2.45, 2.75) is 0 Å². The Morgan fingerprint density at radius 2 is 1.44 bits per heavy atom. The van der Waals surface area contributed by atoms with Crippen LogP contribution in [0.4, 0.5) is 5.82 Å². The van der Waals surface area contributed by atoms with Gasteiger partial charge in [-0.2, -0.15) is 0 Å². The Bertz CT molecular complexity index is 1030. The summed E-state index contributed by atoms with van der Waals surface area (Å²) in [6, 6.07) is 20.7. The molecule has 0 fully saturated rings. The summed E-state index contributed by atoms with van der Waals surface area (Å²) in [4.78, 5) is 6.10. The molecule has 0 radical (unpaired) electrons. The highest BCUT2D eigenvalue weighted by Crippen LogP contribution is 2.35. The SMILES string of the molecule is CN(C)c1cc(-c2ccncc2)c(-c2cccc3ccccc23)nn1.Cl.Cl. The van der Waals surface area contributed by atoms with E-state index in [1.807, 2.05) is 31.1 Å². The first-order valence-electron chi connectivity index (χ1n) is 8.17. The molecule has 2 aromatic carbocycles. The van der Waals surface area contributed by atoms with Crippen LogP contribution in [0.5, 0.6) is 0 Å². The Hall–Kier alpha value is -2.69. The summed E-state index contributed by atoms with van der Waals surface area (Å²) in [6.07, 6.45) is 3.61. The third-order valence-electron chi connectivity index (χ3n) is 4.28. The molecule has 0 spiro atoms. The van der Waals surface area contributed by atoms with Crippen LogP contribution in [0.2, 0.25) is 0 Å². The molecule has 27 heavy (non-hydrogen) atoms. The molecule has 2 heterocycles. The van der Waals surface area contributed by atoms with Gasteiger partial charge < -0.3 is 4.90 Å². The van der Waals surface area contributed by atoms with Gasteiger partial charge in [-0.1, -0.05) is 42.5 Å². The van der Waals surface area contributed by atoms with Crippen molar-refractivity contribution >= 4 is 41.4 Å². The quantitative estimate of drug-likeness (QED) is 0.471. The molecule has 0 aliphatic heterocycles. The molecule has 0 saturated heterocycles. The Labute approximate surface area is 171 Å². The minimum atomic E-state index is 0. The van der Waals surface area contributed by atoms with Gasteiger partial charge in [0.05, 0.1) is 0 Å². The van der Waals surface area contributed by atoms with Gasteiger partial charge in [0.15, 0.2) is 5.82 Å². The van der Waals surface area contributed by atoms with Crippen molar-refractivity contribution in [2.75, 3.05) is 19.0 Å². The van der Waals surface area contributed by atoms with E-state index in [0.29, 0.717) is 0 Å². The fourth-order valence-corrected chi connectivity index (χ4v) is 2.98. The number of halogens is 2. The number of rotatable bonds is 3. The van der Waals surface area contributed by atoms with Gasteiger partial charge >= 0.3 is 0 Å². The number of hydrogen-bond donors (Lipinski definition) is 0. The van der Waals surface area contributed by atoms with E-state index in [1.165, 1.54) is 10.8 Å². The second-order valence-electron chi connectivity index (χ2n) is 6.12. The van der Waals surface area contributed by atoms with Gasteiger partial charge in [0.25, 0.3) is 0 Å². The fraction of sp³-hybridized carbons (Fsp3) is 0.0952. The van der Waals surface area contributed by atoms with Crippen LogP contribution in [0.1, 0.15) is 0 Å². The second-order valence-corrected chi connectivity index (χ2v) is 6.12. The van der Waals surface area contributed by atoms with Gasteiger partial charge in [-0.3, -0.25) is 4.98 Å². The molecular weight excluding hydrogens is 379 g/mol. The molecule has 138 valence electrons. The molecule has 6 heteroatoms. The number of nitrogens with zero attached hydrogens (tertiary/aromatic N) is 4. The zero-order valence-electron chi connectivity index (χ0n) is 15.0. The molecule has 0 bridgehead atoms. The predicted octanol–water partition coefficient (Wildman–Crippen LogP) is 5.27. The lowest BCUT2D eigenvalue weighted by Crippen LogP contribution is -2.12. The van der Waals surface area contributed by atoms with Crippen molar-refractivity contribution in [3.63, 3.8) is 0 Å². The summed E-state index contributed by atoms with van der Waals surface area (Å²) in [6.45, 7) is 0. The molecule has 4 rings (SSSR count). The van der Waals surface area contributed by atoms with Gasteiger partial charge in [0.2, 0.25) is 0 Å². The van der Waals surface area contributed by atoms with E-state index >= 15 is 0 Å². The van der Waals surface area contributed by atoms with Crippen LogP contribution >= 0.6 is 24.8 Å². The van der Waals surface area contributed by atoms with E-state index in [1.54, 1.807) is 12.4 Å². The average Bonchev–Trinajstić information content (AvgIpc) is 2.68. The number of anilines is 1. The normalized spacial score (nSPS) is 10.0. The molecule has 0 unspecified atom stereocenters. The summed E-state index contributed by atoms with van der Waals surface area (Å²) in [5, 5.41) is 11.4. The molecule has 0 aliphatic rings. The topological polar surface area (TPSA) is 41.9 Å². The van der Waals surface area contributed by atoms with Crippen molar-refractivity contribution in [1.82, 2.24) is 15.2 Å². The highest BCUT2D eigenvalue weighted by molar-refractivity contribution is 5.99. The summed E-state index contributed by atoms with van der Waals surface area (Å²) in [5.41, 5.74) is 4.10. The van der Waals surface area contributed by atoms with Crippen molar-refractivity contribution < 1.29 is 0 Å². The van der Waals surface area contributed by atoms with E-state index < -0.39 is 0 Å². The average molecular weight is 399 g/mol. The van der Waals surface area contributed by atoms with Crippen LogP contribution in [0.3, 0.4) is 0 Å². The third-order valence-corrected chi connectivity index (χ3v) is 4.28. The standard InChI is InChI=1S/C21H18N4.2ClH/c1-25(2)20-14-19(16-10-12-22-13-11-16)21(24-23-20)18-9-5-7-15-6-3-4-8-17(15)18;;/h3-14H,1-2H3;2*1H. The number of hydrogen-bond acceptors (Lipinski definition) is 4. The smallest absolute Gasteiger partial charge is 0.151 e. The first-order chi connectivity index (χ1) is 12.2. The van der Waals surface area contributed by atoms with Crippen LogP contribution in [-0.4, -0.2) is 29.3 Å². The van der Waals surface area contributed by atoms with Crippen LogP contribution in [0.15, 0.2) is 73.1 Å². The number of pyridine rings is 1. The number of fused-ring (bicyclic) bond motifs is 1. The van der Waals surface area contributed by atoms with Crippen LogP contribution < -0.4 is 4.90 Å². The predicted molar refractivity (Wildman–Crippen MR) is 117 cm³/mol. The Balaban J connectivity index is 0.00000131. The van der Waals surface area contributed by atoms with Gasteiger partial charge in [-0.15, -0.1) is 35.0 Å². The van der Waals surface area contributed by atoms with E-state index in [0.717, 1.165) is 28.2 Å². The first-order valence-corrected chi connectivity index (χ1v) is 8.17. The molecule has 0 atom stereocenters. The number of aromatic nitrogens is 3. The summed E-state index contributed by atoms with van der Waals surface area (Å²) in [7, 11) is 3.94. The lowest BCUT2D eigenvalue weighted by molar-refractivity contribution is 0.971. The maximum atomic E-state index is 4.58. The highest BCUT2D eigenvalue weighted by Gasteiger charge is 2.14. The third kappa shape index (κ3) is 4.02. The molecule has 4 nitrogen and oxygen atoms in total. The van der Waals surface area contributed by atoms with Gasteiger partial charge in [-0.05, 0) is 34.5 Å². The van der Waals surface area contributed by atoms with Crippen LogP contribution in [-0.2, 0) is 0 Å². The van der Waals surface area contributed by atoms with E-state index in [9.17, 15) is 0 Å². The molecule has 0 saturated carbocycles. The largest absolute Gasteiger partial charge is 0.361 e. The lowest BCUT2D eigenvalue weighted by Gasteiger charge is -2.15. The van der Waals surface area contributed by atoms with E-state index in [2.05, 4.69) is 63.7 Å². The zero-order valence-corrected chi connectivity index (χ0v) is 16.7. The lowest BCUT2D eigenvalue weighted by atomic mass is 9.96.